The molecular formula is C35H56O14. The van der Waals surface area contributed by atoms with Gasteiger partial charge in [-0.2, -0.15) is 0 Å². The molecule has 0 spiro atoms. The van der Waals surface area contributed by atoms with Crippen molar-refractivity contribution >= 4 is 11.8 Å². The lowest BCUT2D eigenvalue weighted by Gasteiger charge is -2.42. The molecule has 14 heteroatoms. The zero-order valence-corrected chi connectivity index (χ0v) is 30.0. The van der Waals surface area contributed by atoms with Gasteiger partial charge in [0, 0.05) is 45.7 Å². The molecule has 3 N–H and O–H groups in total. The van der Waals surface area contributed by atoms with Gasteiger partial charge in [0.05, 0.1) is 37.1 Å². The van der Waals surface area contributed by atoms with Crippen molar-refractivity contribution in [3.8, 4) is 0 Å². The Bertz CT molecular complexity index is 1160. The van der Waals surface area contributed by atoms with E-state index in [-0.39, 0.29) is 19.1 Å². The van der Waals surface area contributed by atoms with E-state index in [0.29, 0.717) is 6.42 Å². The lowest BCUT2D eigenvalue weighted by molar-refractivity contribution is -0.305. The topological polar surface area (TPSA) is 181 Å². The highest BCUT2D eigenvalue weighted by Crippen LogP contribution is 2.37. The second-order valence-corrected chi connectivity index (χ2v) is 14.1. The molecule has 4 rings (SSSR count). The Balaban J connectivity index is 1.56. The van der Waals surface area contributed by atoms with Gasteiger partial charge in [-0.15, -0.1) is 0 Å². The van der Waals surface area contributed by atoms with Gasteiger partial charge in [-0.05, 0) is 52.2 Å². The number of hydrogen-bond acceptors (Lipinski definition) is 14. The summed E-state index contributed by atoms with van der Waals surface area (Å²) in [5, 5.41) is 32.8. The van der Waals surface area contributed by atoms with Crippen LogP contribution in [0.25, 0.3) is 0 Å². The molecule has 0 aromatic heterocycles. The molecule has 0 aromatic rings. The normalized spacial score (nSPS) is 48.3. The first kappa shape index (κ1) is 40.0. The quantitative estimate of drug-likeness (QED) is 0.245. The lowest BCUT2D eigenvalue weighted by atomic mass is 9.82. The van der Waals surface area contributed by atoms with Gasteiger partial charge in [-0.25, -0.2) is 4.79 Å². The SMILES string of the molecule is COC1CC(C)OC(O[C@@H]2[C@@H](C)/C=C/C(=O)OC(C)C(COC3OC(C)C(O)C(OC)C3OC)C3OC3/C=C/C(=O)[C@@](C)(O)C[C@@H]2C)C1O. The molecule has 0 amide bonds. The Morgan fingerprint density at radius 1 is 0.837 bits per heavy atom. The smallest absolute Gasteiger partial charge is 0.330 e. The van der Waals surface area contributed by atoms with Crippen LogP contribution in [0.5, 0.6) is 0 Å². The minimum atomic E-state index is -1.75. The van der Waals surface area contributed by atoms with Gasteiger partial charge in [0.25, 0.3) is 0 Å². The number of aliphatic hydroxyl groups is 3. The lowest BCUT2D eigenvalue weighted by Crippen LogP contribution is -2.59. The summed E-state index contributed by atoms with van der Waals surface area (Å²) in [6.07, 6.45) is -2.67. The fourth-order valence-corrected chi connectivity index (χ4v) is 7.12. The first-order chi connectivity index (χ1) is 23.1. The van der Waals surface area contributed by atoms with E-state index in [2.05, 4.69) is 0 Å². The van der Waals surface area contributed by atoms with Crippen LogP contribution < -0.4 is 0 Å². The number of rotatable bonds is 8. The van der Waals surface area contributed by atoms with E-state index < -0.39 is 109 Å². The van der Waals surface area contributed by atoms with Crippen LogP contribution in [0.1, 0.15) is 54.4 Å². The molecule has 3 saturated heterocycles. The first-order valence-electron chi connectivity index (χ1n) is 17.1. The third-order valence-electron chi connectivity index (χ3n) is 10.1. The second kappa shape index (κ2) is 17.1. The molecule has 0 aromatic carbocycles. The summed E-state index contributed by atoms with van der Waals surface area (Å²) in [4.78, 5) is 26.5. The van der Waals surface area contributed by atoms with Crippen LogP contribution in [0.2, 0.25) is 0 Å². The van der Waals surface area contributed by atoms with Gasteiger partial charge < -0.3 is 58.0 Å². The van der Waals surface area contributed by atoms with Crippen molar-refractivity contribution in [3.63, 3.8) is 0 Å². The minimum absolute atomic E-state index is 0.0234. The number of fused-ring (bicyclic) bond motifs is 1. The number of carbonyl (C=O) groups excluding carboxylic acids is 2. The number of ketones is 1. The van der Waals surface area contributed by atoms with Gasteiger partial charge in [0.15, 0.2) is 18.4 Å². The molecule has 13 unspecified atom stereocenters. The summed E-state index contributed by atoms with van der Waals surface area (Å²) < 4.78 is 52.6. The maximum Gasteiger partial charge on any atom is 0.330 e. The third kappa shape index (κ3) is 9.74. The summed E-state index contributed by atoms with van der Waals surface area (Å²) in [6.45, 7) is 10.4. The number of hydrogen-bond donors (Lipinski definition) is 3. The Morgan fingerprint density at radius 2 is 1.53 bits per heavy atom. The summed E-state index contributed by atoms with van der Waals surface area (Å²) in [5.41, 5.74) is -1.75. The molecular weight excluding hydrogens is 644 g/mol. The molecule has 4 aliphatic rings. The van der Waals surface area contributed by atoms with Crippen molar-refractivity contribution in [2.24, 2.45) is 17.8 Å². The molecule has 0 bridgehead atoms. The largest absolute Gasteiger partial charge is 0.459 e. The Morgan fingerprint density at radius 3 is 2.18 bits per heavy atom. The predicted molar refractivity (Wildman–Crippen MR) is 173 cm³/mol. The van der Waals surface area contributed by atoms with Crippen LogP contribution in [0.4, 0.5) is 0 Å². The highest BCUT2D eigenvalue weighted by atomic mass is 16.7. The fourth-order valence-electron chi connectivity index (χ4n) is 7.12. The van der Waals surface area contributed by atoms with E-state index >= 15 is 0 Å². The van der Waals surface area contributed by atoms with Crippen molar-refractivity contribution in [1.82, 2.24) is 0 Å². The van der Waals surface area contributed by atoms with Gasteiger partial charge in [-0.1, -0.05) is 19.9 Å². The standard InChI is InChI=1S/C35H56O14/c1-17-10-13-26(37)46-20(4)22(16-44-34-32(43-9)31(42-8)27(38)21(5)47-34)30-23(48-30)11-12-25(36)35(6,40)15-18(2)29(17)49-33-28(39)24(41-7)14-19(3)45-33/h10-13,17-24,27-34,38-40H,14-16H2,1-9H3/b12-11+,13-10+/t17-,18-,19?,20?,21?,22?,23?,24?,27?,28?,29+,30?,31?,32?,33?,34?,35-/m0/s1. The van der Waals surface area contributed by atoms with Crippen LogP contribution in [-0.4, -0.2) is 140 Å². The zero-order valence-electron chi connectivity index (χ0n) is 30.0. The van der Waals surface area contributed by atoms with Crippen LogP contribution >= 0.6 is 0 Å². The number of epoxide rings is 1. The molecule has 280 valence electrons. The van der Waals surface area contributed by atoms with E-state index in [1.165, 1.54) is 40.4 Å². The van der Waals surface area contributed by atoms with Crippen LogP contribution in [0, 0.1) is 17.8 Å². The van der Waals surface area contributed by atoms with Gasteiger partial charge in [0.2, 0.25) is 0 Å². The van der Waals surface area contributed by atoms with Gasteiger partial charge in [-0.3, -0.25) is 4.79 Å². The summed E-state index contributed by atoms with van der Waals surface area (Å²) in [6, 6.07) is 0. The van der Waals surface area contributed by atoms with Gasteiger partial charge in [0.1, 0.15) is 42.2 Å². The number of aliphatic hydroxyl groups excluding tert-OH is 2. The summed E-state index contributed by atoms with van der Waals surface area (Å²) in [5.74, 6) is -2.45. The Kier molecular flexibility index (Phi) is 14.0. The molecule has 4 heterocycles. The molecule has 14 nitrogen and oxygen atoms in total. The minimum Gasteiger partial charge on any atom is -0.459 e. The highest BCUT2D eigenvalue weighted by Gasteiger charge is 2.50. The zero-order chi connectivity index (χ0) is 36.2. The van der Waals surface area contributed by atoms with Crippen molar-refractivity contribution in [2.75, 3.05) is 27.9 Å². The average Bonchev–Trinajstić information content (AvgIpc) is 3.82. The molecule has 4 aliphatic heterocycles. The number of carbonyl (C=O) groups is 2. The Labute approximate surface area is 288 Å². The Hall–Kier alpha value is -1.82. The number of esters is 1. The first-order valence-corrected chi connectivity index (χ1v) is 17.1. The maximum absolute atomic E-state index is 13.3. The van der Waals surface area contributed by atoms with Crippen molar-refractivity contribution < 1.29 is 67.5 Å². The van der Waals surface area contributed by atoms with E-state index in [1.807, 2.05) is 20.8 Å². The fraction of sp³-hybridized carbons (Fsp3) is 0.829. The molecule has 0 aliphatic carbocycles. The van der Waals surface area contributed by atoms with E-state index in [1.54, 1.807) is 26.0 Å². The van der Waals surface area contributed by atoms with E-state index in [9.17, 15) is 24.9 Å². The average molecular weight is 701 g/mol. The molecule has 0 saturated carbocycles. The van der Waals surface area contributed by atoms with Crippen molar-refractivity contribution in [1.29, 1.82) is 0 Å². The maximum atomic E-state index is 13.3. The molecule has 3 fully saturated rings. The van der Waals surface area contributed by atoms with E-state index in [4.69, 9.17) is 42.6 Å². The summed E-state index contributed by atoms with van der Waals surface area (Å²) in [7, 11) is 4.46. The molecule has 0 radical (unpaired) electrons. The third-order valence-corrected chi connectivity index (χ3v) is 10.1. The summed E-state index contributed by atoms with van der Waals surface area (Å²) >= 11 is 0. The molecule has 49 heavy (non-hydrogen) atoms. The predicted octanol–water partition coefficient (Wildman–Crippen LogP) is 1.46. The highest BCUT2D eigenvalue weighted by molar-refractivity contribution is 5.96. The van der Waals surface area contributed by atoms with Crippen LogP contribution in [0.15, 0.2) is 24.3 Å². The van der Waals surface area contributed by atoms with Crippen molar-refractivity contribution in [3.05, 3.63) is 24.3 Å². The van der Waals surface area contributed by atoms with E-state index in [0.717, 1.165) is 0 Å². The molecule has 17 atom stereocenters. The number of methoxy groups -OCH3 is 3. The van der Waals surface area contributed by atoms with Crippen LogP contribution in [-0.2, 0) is 52.2 Å². The van der Waals surface area contributed by atoms with Gasteiger partial charge >= 0.3 is 5.97 Å². The monoisotopic (exact) mass is 700 g/mol. The number of cyclic esters (lactones) is 1. The second-order valence-electron chi connectivity index (χ2n) is 14.1. The van der Waals surface area contributed by atoms with Crippen molar-refractivity contribution in [2.45, 2.75) is 140 Å². The van der Waals surface area contributed by atoms with Crippen LogP contribution in [0.3, 0.4) is 0 Å². The number of ether oxygens (including phenoxy) is 9.